The lowest BCUT2D eigenvalue weighted by Crippen LogP contribution is -2.30. The minimum Gasteiger partial charge on any atom is -0.493 e. The maximum atomic E-state index is 11.1. The topological polar surface area (TPSA) is 51.2 Å². The highest BCUT2D eigenvalue weighted by Gasteiger charge is 2.11. The van der Waals surface area contributed by atoms with Gasteiger partial charge in [-0.15, -0.1) is 11.3 Å². The van der Waals surface area contributed by atoms with Crippen LogP contribution in [-0.4, -0.2) is 23.5 Å². The normalized spacial score (nSPS) is 11.8. The third kappa shape index (κ3) is 5.20. The van der Waals surface area contributed by atoms with Crippen LogP contribution in [-0.2, 0) is 11.2 Å². The molecule has 4 nitrogen and oxygen atoms in total. The van der Waals surface area contributed by atoms with Crippen molar-refractivity contribution < 1.29 is 9.53 Å². The van der Waals surface area contributed by atoms with Gasteiger partial charge >= 0.3 is 0 Å². The molecule has 1 amide bonds. The number of amides is 1. The third-order valence-corrected chi connectivity index (χ3v) is 5.36. The van der Waals surface area contributed by atoms with Crippen molar-refractivity contribution in [2.45, 2.75) is 39.7 Å². The Labute approximate surface area is 170 Å². The Balaban J connectivity index is 1.69. The number of nitrogens with one attached hydrogen (secondary N) is 1. The number of nitrogens with zero attached hydrogens (tertiary/aromatic N) is 1. The molecule has 3 aromatic rings. The van der Waals surface area contributed by atoms with E-state index in [0.717, 1.165) is 40.4 Å². The van der Waals surface area contributed by atoms with E-state index in [1.807, 2.05) is 38.1 Å². The molecule has 2 aromatic carbocycles. The summed E-state index contributed by atoms with van der Waals surface area (Å²) < 4.78 is 5.73. The number of thiazole rings is 1. The molecular formula is C23H26N2O2S. The number of para-hydroxylation sites is 1. The molecule has 0 bridgehead atoms. The van der Waals surface area contributed by atoms with Gasteiger partial charge < -0.3 is 10.1 Å². The van der Waals surface area contributed by atoms with Crippen LogP contribution < -0.4 is 10.1 Å². The van der Waals surface area contributed by atoms with Crippen LogP contribution in [0.5, 0.6) is 5.75 Å². The fraction of sp³-hybridized carbons (Fsp3) is 0.304. The van der Waals surface area contributed by atoms with Gasteiger partial charge in [-0.1, -0.05) is 36.4 Å². The predicted molar refractivity (Wildman–Crippen MR) is 116 cm³/mol. The smallest absolute Gasteiger partial charge is 0.217 e. The van der Waals surface area contributed by atoms with Gasteiger partial charge in [-0.2, -0.15) is 0 Å². The van der Waals surface area contributed by atoms with E-state index in [0.29, 0.717) is 6.61 Å². The van der Waals surface area contributed by atoms with E-state index in [2.05, 4.69) is 35.0 Å². The number of hydrogen-bond acceptors (Lipinski definition) is 4. The maximum Gasteiger partial charge on any atom is 0.217 e. The first-order valence-corrected chi connectivity index (χ1v) is 10.5. The van der Waals surface area contributed by atoms with E-state index in [1.165, 1.54) is 5.56 Å². The van der Waals surface area contributed by atoms with Crippen LogP contribution >= 0.6 is 11.3 Å². The molecule has 0 aliphatic heterocycles. The first-order chi connectivity index (χ1) is 13.6. The van der Waals surface area contributed by atoms with Crippen molar-refractivity contribution in [2.24, 2.45) is 0 Å². The molecule has 0 aliphatic rings. The van der Waals surface area contributed by atoms with Crippen molar-refractivity contribution in [1.29, 1.82) is 0 Å². The van der Waals surface area contributed by atoms with Gasteiger partial charge in [0, 0.05) is 23.9 Å². The fourth-order valence-corrected chi connectivity index (χ4v) is 3.96. The Morgan fingerprint density at radius 1 is 1.18 bits per heavy atom. The van der Waals surface area contributed by atoms with Crippen molar-refractivity contribution in [1.82, 2.24) is 10.3 Å². The van der Waals surface area contributed by atoms with Gasteiger partial charge in [0.2, 0.25) is 5.91 Å². The Morgan fingerprint density at radius 2 is 1.93 bits per heavy atom. The molecule has 0 unspecified atom stereocenters. The second-order valence-corrected chi connectivity index (χ2v) is 7.66. The average molecular weight is 395 g/mol. The molecule has 0 radical (unpaired) electrons. The first kappa shape index (κ1) is 20.1. The van der Waals surface area contributed by atoms with Gasteiger partial charge in [-0.3, -0.25) is 4.79 Å². The van der Waals surface area contributed by atoms with Gasteiger partial charge in [-0.05, 0) is 44.4 Å². The summed E-state index contributed by atoms with van der Waals surface area (Å²) in [5, 5.41) is 5.98. The molecule has 0 saturated heterocycles. The van der Waals surface area contributed by atoms with Crippen molar-refractivity contribution in [2.75, 3.05) is 6.61 Å². The fourth-order valence-electron chi connectivity index (χ4n) is 3.10. The van der Waals surface area contributed by atoms with E-state index < -0.39 is 0 Å². The number of carbonyl (C=O) groups is 1. The predicted octanol–water partition coefficient (Wildman–Crippen LogP) is 5.33. The maximum absolute atomic E-state index is 11.1. The standard InChI is InChI=1S/C23H26N2O2S/c1-4-27-22-8-6-5-7-20(22)23-25-21(15-28-23)19-13-11-18(12-14-19)10-9-16(2)24-17(3)26/h5-8,11-16H,4,9-10H2,1-3H3,(H,24,26)/t16-/m1/s1. The second-order valence-electron chi connectivity index (χ2n) is 6.80. The first-order valence-electron chi connectivity index (χ1n) is 9.61. The van der Waals surface area contributed by atoms with Crippen molar-refractivity contribution in [3.8, 4) is 27.6 Å². The Kier molecular flexibility index (Phi) is 6.82. The molecule has 1 aromatic heterocycles. The van der Waals surface area contributed by atoms with E-state index >= 15 is 0 Å². The second kappa shape index (κ2) is 9.51. The summed E-state index contributed by atoms with van der Waals surface area (Å²) in [7, 11) is 0. The number of aryl methyl sites for hydroxylation is 1. The van der Waals surface area contributed by atoms with Crippen LogP contribution in [0.4, 0.5) is 0 Å². The zero-order chi connectivity index (χ0) is 19.9. The summed E-state index contributed by atoms with van der Waals surface area (Å²) in [5.41, 5.74) is 4.38. The van der Waals surface area contributed by atoms with Crippen molar-refractivity contribution in [3.05, 3.63) is 59.5 Å². The molecule has 0 aliphatic carbocycles. The lowest BCUT2D eigenvalue weighted by molar-refractivity contribution is -0.119. The molecular weight excluding hydrogens is 368 g/mol. The number of aromatic nitrogens is 1. The van der Waals surface area contributed by atoms with Gasteiger partial charge in [0.1, 0.15) is 10.8 Å². The summed E-state index contributed by atoms with van der Waals surface area (Å²) in [6, 6.07) is 16.7. The van der Waals surface area contributed by atoms with Gasteiger partial charge in [0.25, 0.3) is 0 Å². The van der Waals surface area contributed by atoms with E-state index in [1.54, 1.807) is 18.3 Å². The van der Waals surface area contributed by atoms with E-state index in [9.17, 15) is 4.79 Å². The van der Waals surface area contributed by atoms with Crippen LogP contribution in [0.1, 0.15) is 32.8 Å². The highest BCUT2D eigenvalue weighted by atomic mass is 32.1. The summed E-state index contributed by atoms with van der Waals surface area (Å²) in [5.74, 6) is 0.891. The molecule has 28 heavy (non-hydrogen) atoms. The minimum absolute atomic E-state index is 0.0214. The van der Waals surface area contributed by atoms with Gasteiger partial charge in [-0.25, -0.2) is 4.98 Å². The summed E-state index contributed by atoms with van der Waals surface area (Å²) in [4.78, 5) is 15.9. The van der Waals surface area contributed by atoms with E-state index in [-0.39, 0.29) is 11.9 Å². The number of rotatable bonds is 8. The van der Waals surface area contributed by atoms with E-state index in [4.69, 9.17) is 9.72 Å². The highest BCUT2D eigenvalue weighted by molar-refractivity contribution is 7.13. The monoisotopic (exact) mass is 394 g/mol. The summed E-state index contributed by atoms with van der Waals surface area (Å²) in [6.45, 7) is 6.21. The molecule has 1 heterocycles. The molecule has 146 valence electrons. The molecule has 1 N–H and O–H groups in total. The highest BCUT2D eigenvalue weighted by Crippen LogP contribution is 2.34. The minimum atomic E-state index is 0.0214. The quantitative estimate of drug-likeness (QED) is 0.561. The van der Waals surface area contributed by atoms with Crippen LogP contribution in [0.25, 0.3) is 21.8 Å². The van der Waals surface area contributed by atoms with Gasteiger partial charge in [0.15, 0.2) is 0 Å². The molecule has 0 saturated carbocycles. The number of hydrogen-bond donors (Lipinski definition) is 1. The molecule has 0 fully saturated rings. The van der Waals surface area contributed by atoms with Crippen LogP contribution in [0.2, 0.25) is 0 Å². The summed E-state index contributed by atoms with van der Waals surface area (Å²) >= 11 is 1.63. The molecule has 3 rings (SSSR count). The zero-order valence-corrected chi connectivity index (χ0v) is 17.4. The Bertz CT molecular complexity index is 918. The number of carbonyl (C=O) groups excluding carboxylic acids is 1. The van der Waals surface area contributed by atoms with Crippen LogP contribution in [0.3, 0.4) is 0 Å². The van der Waals surface area contributed by atoms with Gasteiger partial charge in [0.05, 0.1) is 17.9 Å². The zero-order valence-electron chi connectivity index (χ0n) is 16.6. The lowest BCUT2D eigenvalue weighted by atomic mass is 10.0. The largest absolute Gasteiger partial charge is 0.493 e. The average Bonchev–Trinajstić information content (AvgIpc) is 3.17. The Hall–Kier alpha value is -2.66. The molecule has 1 atom stereocenters. The number of benzene rings is 2. The third-order valence-electron chi connectivity index (χ3n) is 4.49. The van der Waals surface area contributed by atoms with Crippen molar-refractivity contribution in [3.63, 3.8) is 0 Å². The lowest BCUT2D eigenvalue weighted by Gasteiger charge is -2.12. The number of ether oxygens (including phenoxy) is 1. The van der Waals surface area contributed by atoms with Crippen LogP contribution in [0, 0.1) is 0 Å². The molecule has 5 heteroatoms. The summed E-state index contributed by atoms with van der Waals surface area (Å²) in [6.07, 6.45) is 1.86. The molecule has 0 spiro atoms. The Morgan fingerprint density at radius 3 is 2.64 bits per heavy atom. The SMILES string of the molecule is CCOc1ccccc1-c1nc(-c2ccc(CC[C@@H](C)NC(C)=O)cc2)cs1. The van der Waals surface area contributed by atoms with Crippen molar-refractivity contribution >= 4 is 17.2 Å². The van der Waals surface area contributed by atoms with Crippen LogP contribution in [0.15, 0.2) is 53.9 Å².